The van der Waals surface area contributed by atoms with Crippen molar-refractivity contribution in [3.05, 3.63) is 53.6 Å². The van der Waals surface area contributed by atoms with Crippen molar-refractivity contribution in [3.63, 3.8) is 0 Å². The summed E-state index contributed by atoms with van der Waals surface area (Å²) in [6, 6.07) is 6.69. The van der Waals surface area contributed by atoms with E-state index in [0.717, 1.165) is 11.4 Å². The third-order valence-electron chi connectivity index (χ3n) is 3.16. The molecule has 1 aromatic carbocycles. The maximum Gasteiger partial charge on any atom is 0.335 e. The number of carboxylic acid groups (broad SMARTS) is 1. The lowest BCUT2D eigenvalue weighted by atomic mass is 10.1. The number of benzene rings is 1. The van der Waals surface area contributed by atoms with Crippen molar-refractivity contribution in [3.8, 4) is 0 Å². The molecule has 0 amide bonds. The summed E-state index contributed by atoms with van der Waals surface area (Å²) in [5, 5.41) is 20.1. The zero-order valence-corrected chi connectivity index (χ0v) is 11.3. The first-order chi connectivity index (χ1) is 10.1. The monoisotopic (exact) mass is 283 g/mol. The van der Waals surface area contributed by atoms with Crippen LogP contribution in [0.1, 0.15) is 21.7 Å². The molecule has 2 N–H and O–H groups in total. The molecule has 2 heterocycles. The topological polar surface area (TPSA) is 92.4 Å². The summed E-state index contributed by atoms with van der Waals surface area (Å²) in [5.41, 5.74) is 1.89. The van der Waals surface area contributed by atoms with E-state index in [9.17, 15) is 4.79 Å². The van der Waals surface area contributed by atoms with Crippen molar-refractivity contribution in [2.45, 2.75) is 13.5 Å². The molecule has 3 aromatic rings. The molecule has 0 fully saturated rings. The summed E-state index contributed by atoms with van der Waals surface area (Å²) in [6.07, 6.45) is 3.48. The Morgan fingerprint density at radius 3 is 2.76 bits per heavy atom. The summed E-state index contributed by atoms with van der Waals surface area (Å²) in [6.45, 7) is 2.40. The van der Waals surface area contributed by atoms with E-state index >= 15 is 0 Å². The van der Waals surface area contributed by atoms with Gasteiger partial charge in [0, 0.05) is 18.9 Å². The van der Waals surface area contributed by atoms with Crippen LogP contribution in [0.2, 0.25) is 0 Å². The molecule has 21 heavy (non-hydrogen) atoms. The smallest absolute Gasteiger partial charge is 0.335 e. The molecule has 106 valence electrons. The largest absolute Gasteiger partial charge is 0.478 e. The molecule has 7 nitrogen and oxygen atoms in total. The van der Waals surface area contributed by atoms with Gasteiger partial charge in [0.25, 0.3) is 0 Å². The van der Waals surface area contributed by atoms with Crippen LogP contribution in [-0.2, 0) is 6.54 Å². The summed E-state index contributed by atoms with van der Waals surface area (Å²) in [7, 11) is 0. The Bertz CT molecular complexity index is 795. The minimum absolute atomic E-state index is 0.270. The molecule has 0 atom stereocenters. The maximum atomic E-state index is 10.8. The third-order valence-corrected chi connectivity index (χ3v) is 3.16. The van der Waals surface area contributed by atoms with Gasteiger partial charge in [-0.05, 0) is 24.6 Å². The van der Waals surface area contributed by atoms with Crippen molar-refractivity contribution in [1.82, 2.24) is 19.6 Å². The van der Waals surface area contributed by atoms with Crippen LogP contribution in [0.25, 0.3) is 5.65 Å². The number of nitrogens with one attached hydrogen (secondary N) is 1. The van der Waals surface area contributed by atoms with Gasteiger partial charge >= 0.3 is 5.97 Å². The zero-order valence-electron chi connectivity index (χ0n) is 11.3. The third kappa shape index (κ3) is 2.53. The zero-order chi connectivity index (χ0) is 14.8. The highest BCUT2D eigenvalue weighted by Gasteiger charge is 2.07. The van der Waals surface area contributed by atoms with Crippen LogP contribution >= 0.6 is 0 Å². The van der Waals surface area contributed by atoms with E-state index < -0.39 is 5.97 Å². The molecule has 0 saturated heterocycles. The number of aromatic nitrogens is 4. The fraction of sp³-hybridized carbons (Fsp3) is 0.143. The van der Waals surface area contributed by atoms with Crippen LogP contribution in [-0.4, -0.2) is 30.7 Å². The first-order valence-corrected chi connectivity index (χ1v) is 6.37. The lowest BCUT2D eigenvalue weighted by Crippen LogP contribution is -2.04. The summed E-state index contributed by atoms with van der Waals surface area (Å²) in [5.74, 6) is 0.501. The SMILES string of the molecule is Cc1nnc2c(NCc3ccc(C(=O)O)cc3)nccn12. The van der Waals surface area contributed by atoms with Gasteiger partial charge in [0.2, 0.25) is 5.65 Å². The predicted octanol–water partition coefficient (Wildman–Crippen LogP) is 1.74. The number of hydrogen-bond acceptors (Lipinski definition) is 5. The molecule has 0 saturated carbocycles. The molecular weight excluding hydrogens is 270 g/mol. The van der Waals surface area contributed by atoms with E-state index in [1.165, 1.54) is 0 Å². The second-order valence-corrected chi connectivity index (χ2v) is 4.57. The van der Waals surface area contributed by atoms with Gasteiger partial charge in [-0.2, -0.15) is 0 Å². The van der Waals surface area contributed by atoms with Crippen molar-refractivity contribution >= 4 is 17.4 Å². The van der Waals surface area contributed by atoms with Gasteiger partial charge in [-0.3, -0.25) is 4.40 Å². The minimum atomic E-state index is -0.931. The van der Waals surface area contributed by atoms with Gasteiger partial charge in [-0.15, -0.1) is 10.2 Å². The number of nitrogens with zero attached hydrogens (tertiary/aromatic N) is 4. The number of carbonyl (C=O) groups is 1. The van der Waals surface area contributed by atoms with E-state index in [1.54, 1.807) is 36.7 Å². The Morgan fingerprint density at radius 2 is 2.05 bits per heavy atom. The van der Waals surface area contributed by atoms with Gasteiger partial charge in [0.1, 0.15) is 5.82 Å². The van der Waals surface area contributed by atoms with Crippen LogP contribution in [0.5, 0.6) is 0 Å². The number of anilines is 1. The Labute approximate surface area is 120 Å². The Hall–Kier alpha value is -2.96. The molecule has 0 radical (unpaired) electrons. The molecule has 0 aliphatic rings. The molecule has 0 spiro atoms. The van der Waals surface area contributed by atoms with Crippen LogP contribution in [0.3, 0.4) is 0 Å². The van der Waals surface area contributed by atoms with Crippen molar-refractivity contribution in [2.75, 3.05) is 5.32 Å². The number of fused-ring (bicyclic) bond motifs is 1. The fourth-order valence-electron chi connectivity index (χ4n) is 2.02. The summed E-state index contributed by atoms with van der Waals surface area (Å²) >= 11 is 0. The van der Waals surface area contributed by atoms with Crippen LogP contribution in [0, 0.1) is 6.92 Å². The van der Waals surface area contributed by atoms with Crippen molar-refractivity contribution in [2.24, 2.45) is 0 Å². The average Bonchev–Trinajstić information content (AvgIpc) is 2.88. The standard InChI is InChI=1S/C14H13N5O2/c1-9-17-18-13-12(15-6-7-19(9)13)16-8-10-2-4-11(5-3-10)14(20)21/h2-7H,8H2,1H3,(H,15,16)(H,20,21). The Balaban J connectivity index is 1.78. The second kappa shape index (κ2) is 5.20. The normalized spacial score (nSPS) is 10.7. The molecule has 2 aromatic heterocycles. The maximum absolute atomic E-state index is 10.8. The quantitative estimate of drug-likeness (QED) is 0.757. The van der Waals surface area contributed by atoms with E-state index in [0.29, 0.717) is 18.0 Å². The molecule has 0 unspecified atom stereocenters. The molecule has 0 aliphatic heterocycles. The number of aryl methyl sites for hydroxylation is 1. The van der Waals surface area contributed by atoms with Gasteiger partial charge < -0.3 is 10.4 Å². The Kier molecular flexibility index (Phi) is 3.23. The van der Waals surface area contributed by atoms with Crippen molar-refractivity contribution < 1.29 is 9.90 Å². The first kappa shape index (κ1) is 13.0. The van der Waals surface area contributed by atoms with E-state index in [-0.39, 0.29) is 5.56 Å². The lowest BCUT2D eigenvalue weighted by molar-refractivity contribution is 0.0697. The van der Waals surface area contributed by atoms with E-state index in [2.05, 4.69) is 20.5 Å². The molecule has 7 heteroatoms. The number of hydrogen-bond donors (Lipinski definition) is 2. The van der Waals surface area contributed by atoms with Gasteiger partial charge in [-0.25, -0.2) is 9.78 Å². The predicted molar refractivity (Wildman–Crippen MR) is 76.2 cm³/mol. The van der Waals surface area contributed by atoms with Gasteiger partial charge in [0.15, 0.2) is 5.82 Å². The van der Waals surface area contributed by atoms with E-state index in [4.69, 9.17) is 5.11 Å². The highest BCUT2D eigenvalue weighted by Crippen LogP contribution is 2.13. The number of aromatic carboxylic acids is 1. The van der Waals surface area contributed by atoms with E-state index in [1.807, 2.05) is 11.3 Å². The average molecular weight is 283 g/mol. The molecular formula is C14H13N5O2. The second-order valence-electron chi connectivity index (χ2n) is 4.57. The van der Waals surface area contributed by atoms with Gasteiger partial charge in [-0.1, -0.05) is 12.1 Å². The number of rotatable bonds is 4. The summed E-state index contributed by atoms with van der Waals surface area (Å²) in [4.78, 5) is 15.0. The van der Waals surface area contributed by atoms with Crippen LogP contribution in [0.15, 0.2) is 36.7 Å². The number of carboxylic acids is 1. The van der Waals surface area contributed by atoms with Crippen molar-refractivity contribution in [1.29, 1.82) is 0 Å². The van der Waals surface area contributed by atoms with Gasteiger partial charge in [0.05, 0.1) is 5.56 Å². The highest BCUT2D eigenvalue weighted by molar-refractivity contribution is 5.87. The molecule has 0 aliphatic carbocycles. The molecule has 3 rings (SSSR count). The highest BCUT2D eigenvalue weighted by atomic mass is 16.4. The van der Waals surface area contributed by atoms with Crippen LogP contribution < -0.4 is 5.32 Å². The minimum Gasteiger partial charge on any atom is -0.478 e. The Morgan fingerprint density at radius 1 is 1.29 bits per heavy atom. The fourth-order valence-corrected chi connectivity index (χ4v) is 2.02. The summed E-state index contributed by atoms with van der Waals surface area (Å²) < 4.78 is 1.85. The lowest BCUT2D eigenvalue weighted by Gasteiger charge is -2.06. The van der Waals surface area contributed by atoms with Crippen LogP contribution in [0.4, 0.5) is 5.82 Å². The first-order valence-electron chi connectivity index (χ1n) is 6.37. The molecule has 0 bridgehead atoms.